The molecule has 3 unspecified atom stereocenters. The van der Waals surface area contributed by atoms with Gasteiger partial charge in [0, 0.05) is 12.5 Å². The first-order valence-corrected chi connectivity index (χ1v) is 5.20. The van der Waals surface area contributed by atoms with E-state index in [2.05, 4.69) is 43.1 Å². The molecule has 1 aliphatic rings. The molecule has 78 valence electrons. The minimum atomic E-state index is 0.0474. The molecule has 0 aromatic rings. The zero-order chi connectivity index (χ0) is 10.4. The molecule has 0 radical (unpaired) electrons. The molecule has 2 heteroatoms. The molecule has 0 aromatic heterocycles. The van der Waals surface area contributed by atoms with E-state index in [1.54, 1.807) is 0 Å². The fourth-order valence-electron chi connectivity index (χ4n) is 1.67. The molecule has 0 saturated carbocycles. The molecule has 0 fully saturated rings. The van der Waals surface area contributed by atoms with Gasteiger partial charge in [-0.1, -0.05) is 37.3 Å². The van der Waals surface area contributed by atoms with Gasteiger partial charge in [-0.25, -0.2) is 0 Å². The van der Waals surface area contributed by atoms with Crippen LogP contribution in [0.5, 0.6) is 0 Å². The van der Waals surface area contributed by atoms with E-state index in [0.717, 1.165) is 13.0 Å². The maximum atomic E-state index is 6.05. The van der Waals surface area contributed by atoms with E-state index >= 15 is 0 Å². The third-order valence-corrected chi connectivity index (χ3v) is 2.61. The lowest BCUT2D eigenvalue weighted by atomic mass is 9.88. The monoisotopic (exact) mass is 192 g/mol. The molecule has 0 saturated heterocycles. The second kappa shape index (κ2) is 5.78. The summed E-state index contributed by atoms with van der Waals surface area (Å²) in [6, 6.07) is 0. The topological polar surface area (TPSA) is 38.0 Å². The summed E-state index contributed by atoms with van der Waals surface area (Å²) in [7, 11) is 0. The van der Waals surface area contributed by atoms with Crippen molar-refractivity contribution in [2.45, 2.75) is 19.5 Å². The van der Waals surface area contributed by atoms with Crippen molar-refractivity contribution in [3.8, 4) is 0 Å². The Morgan fingerprint density at radius 3 is 2.86 bits per heavy atom. The SMILES string of the molecule is C=CCCNC(N)C1C=CC=CC1C. The van der Waals surface area contributed by atoms with E-state index in [0.29, 0.717) is 11.8 Å². The number of nitrogens with two attached hydrogens (primary N) is 1. The largest absolute Gasteiger partial charge is 0.315 e. The van der Waals surface area contributed by atoms with Gasteiger partial charge in [-0.2, -0.15) is 0 Å². The average Bonchev–Trinajstić information content (AvgIpc) is 2.18. The van der Waals surface area contributed by atoms with Crippen molar-refractivity contribution >= 4 is 0 Å². The second-order valence-corrected chi connectivity index (χ2v) is 3.76. The second-order valence-electron chi connectivity index (χ2n) is 3.76. The van der Waals surface area contributed by atoms with Gasteiger partial charge < -0.3 is 11.1 Å². The van der Waals surface area contributed by atoms with Crippen LogP contribution >= 0.6 is 0 Å². The fourth-order valence-corrected chi connectivity index (χ4v) is 1.67. The summed E-state index contributed by atoms with van der Waals surface area (Å²) in [6.45, 7) is 6.78. The third-order valence-electron chi connectivity index (χ3n) is 2.61. The average molecular weight is 192 g/mol. The molecule has 0 amide bonds. The lowest BCUT2D eigenvalue weighted by molar-refractivity contribution is 0.360. The molecule has 3 atom stereocenters. The normalized spacial score (nSPS) is 27.6. The van der Waals surface area contributed by atoms with Crippen LogP contribution in [0.2, 0.25) is 0 Å². The van der Waals surface area contributed by atoms with Crippen molar-refractivity contribution in [3.63, 3.8) is 0 Å². The van der Waals surface area contributed by atoms with E-state index in [1.165, 1.54) is 0 Å². The van der Waals surface area contributed by atoms with Crippen LogP contribution in [0.4, 0.5) is 0 Å². The van der Waals surface area contributed by atoms with Crippen LogP contribution in [-0.4, -0.2) is 12.7 Å². The number of allylic oxidation sites excluding steroid dienone is 3. The Kier molecular flexibility index (Phi) is 4.63. The van der Waals surface area contributed by atoms with Crippen LogP contribution in [0.15, 0.2) is 37.0 Å². The first-order chi connectivity index (χ1) is 6.75. The highest BCUT2D eigenvalue weighted by Crippen LogP contribution is 2.20. The van der Waals surface area contributed by atoms with Gasteiger partial charge in [0.25, 0.3) is 0 Å². The number of hydrogen-bond donors (Lipinski definition) is 2. The number of hydrogen-bond acceptors (Lipinski definition) is 2. The minimum absolute atomic E-state index is 0.0474. The van der Waals surface area contributed by atoms with Crippen LogP contribution in [0.3, 0.4) is 0 Å². The number of nitrogens with one attached hydrogen (secondary N) is 1. The first-order valence-electron chi connectivity index (χ1n) is 5.20. The smallest absolute Gasteiger partial charge is 0.0616 e. The van der Waals surface area contributed by atoms with Gasteiger partial charge in [-0.3, -0.25) is 0 Å². The van der Waals surface area contributed by atoms with Gasteiger partial charge >= 0.3 is 0 Å². The highest BCUT2D eigenvalue weighted by Gasteiger charge is 2.20. The predicted molar refractivity (Wildman–Crippen MR) is 61.7 cm³/mol. The molecule has 2 nitrogen and oxygen atoms in total. The maximum absolute atomic E-state index is 6.05. The highest BCUT2D eigenvalue weighted by atomic mass is 15.0. The van der Waals surface area contributed by atoms with Gasteiger partial charge in [0.05, 0.1) is 6.17 Å². The van der Waals surface area contributed by atoms with Crippen LogP contribution in [0, 0.1) is 11.8 Å². The third kappa shape index (κ3) is 3.13. The fraction of sp³-hybridized carbons (Fsp3) is 0.500. The van der Waals surface area contributed by atoms with Crippen molar-refractivity contribution in [2.75, 3.05) is 6.54 Å². The summed E-state index contributed by atoms with van der Waals surface area (Å²) in [6.07, 6.45) is 11.4. The first kappa shape index (κ1) is 11.2. The van der Waals surface area contributed by atoms with Crippen molar-refractivity contribution in [2.24, 2.45) is 17.6 Å². The van der Waals surface area contributed by atoms with Crippen LogP contribution in [0.1, 0.15) is 13.3 Å². The summed E-state index contributed by atoms with van der Waals surface area (Å²) < 4.78 is 0. The molecule has 0 aliphatic heterocycles. The van der Waals surface area contributed by atoms with Gasteiger partial charge in [-0.05, 0) is 12.3 Å². The van der Waals surface area contributed by atoms with E-state index in [4.69, 9.17) is 5.73 Å². The van der Waals surface area contributed by atoms with Crippen molar-refractivity contribution in [1.82, 2.24) is 5.32 Å². The summed E-state index contributed by atoms with van der Waals surface area (Å²) in [5, 5.41) is 3.31. The summed E-state index contributed by atoms with van der Waals surface area (Å²) in [4.78, 5) is 0. The van der Waals surface area contributed by atoms with E-state index in [1.807, 2.05) is 6.08 Å². The zero-order valence-corrected chi connectivity index (χ0v) is 8.82. The highest BCUT2D eigenvalue weighted by molar-refractivity contribution is 5.14. The summed E-state index contributed by atoms with van der Waals surface area (Å²) >= 11 is 0. The molecule has 0 aromatic carbocycles. The van der Waals surface area contributed by atoms with E-state index in [9.17, 15) is 0 Å². The Bertz CT molecular complexity index is 230. The molecule has 0 heterocycles. The lowest BCUT2D eigenvalue weighted by Crippen LogP contribution is -2.45. The van der Waals surface area contributed by atoms with Gasteiger partial charge in [0.1, 0.15) is 0 Å². The predicted octanol–water partition coefficient (Wildman–Crippen LogP) is 1.82. The molecule has 3 N–H and O–H groups in total. The van der Waals surface area contributed by atoms with E-state index < -0.39 is 0 Å². The molecule has 1 aliphatic carbocycles. The zero-order valence-electron chi connectivity index (χ0n) is 8.82. The van der Waals surface area contributed by atoms with Crippen molar-refractivity contribution < 1.29 is 0 Å². The standard InChI is InChI=1S/C12H20N2/c1-3-4-9-14-12(13)11-8-6-5-7-10(11)2/h3,5-8,10-12,14H,1,4,9,13H2,2H3. The minimum Gasteiger partial charge on any atom is -0.315 e. The Hall–Kier alpha value is -0.860. The quantitative estimate of drug-likeness (QED) is 0.396. The van der Waals surface area contributed by atoms with Gasteiger partial charge in [0.15, 0.2) is 0 Å². The molecule has 0 spiro atoms. The van der Waals surface area contributed by atoms with E-state index in [-0.39, 0.29) is 6.17 Å². The Labute approximate surface area is 86.6 Å². The molecule has 14 heavy (non-hydrogen) atoms. The van der Waals surface area contributed by atoms with Crippen LogP contribution in [0.25, 0.3) is 0 Å². The van der Waals surface area contributed by atoms with Gasteiger partial charge in [0.2, 0.25) is 0 Å². The maximum Gasteiger partial charge on any atom is 0.0616 e. The molecular formula is C12H20N2. The number of rotatable bonds is 5. The Morgan fingerprint density at radius 1 is 1.50 bits per heavy atom. The van der Waals surface area contributed by atoms with Crippen LogP contribution in [-0.2, 0) is 0 Å². The summed E-state index contributed by atoms with van der Waals surface area (Å²) in [5.41, 5.74) is 6.05. The van der Waals surface area contributed by atoms with Gasteiger partial charge in [-0.15, -0.1) is 6.58 Å². The summed E-state index contributed by atoms with van der Waals surface area (Å²) in [5.74, 6) is 0.927. The van der Waals surface area contributed by atoms with Crippen molar-refractivity contribution in [3.05, 3.63) is 37.0 Å². The molecule has 0 bridgehead atoms. The molecular weight excluding hydrogens is 172 g/mol. The van der Waals surface area contributed by atoms with Crippen molar-refractivity contribution in [1.29, 1.82) is 0 Å². The Morgan fingerprint density at radius 2 is 2.21 bits per heavy atom. The Balaban J connectivity index is 2.36. The van der Waals surface area contributed by atoms with Crippen LogP contribution < -0.4 is 11.1 Å². The lowest BCUT2D eigenvalue weighted by Gasteiger charge is -2.27. The molecule has 1 rings (SSSR count).